The van der Waals surface area contributed by atoms with Crippen molar-refractivity contribution in [2.24, 2.45) is 7.05 Å². The molecule has 18 heavy (non-hydrogen) atoms. The standard InChI is InChI=1S/C11H10N4O2S/c1-15-11(12-7-13-15)14-10(17)9-8(3-2-5-16)4-6-18-9/h4,6-7,16H,5H2,1H3,(H,12,13,14,17). The van der Waals surface area contributed by atoms with Gasteiger partial charge in [0.2, 0.25) is 5.95 Å². The Morgan fingerprint density at radius 1 is 1.67 bits per heavy atom. The molecule has 2 aromatic heterocycles. The summed E-state index contributed by atoms with van der Waals surface area (Å²) in [6.07, 6.45) is 1.36. The maximum Gasteiger partial charge on any atom is 0.269 e. The van der Waals surface area contributed by atoms with E-state index in [1.165, 1.54) is 22.3 Å². The number of nitrogens with one attached hydrogen (secondary N) is 1. The zero-order valence-corrected chi connectivity index (χ0v) is 10.4. The van der Waals surface area contributed by atoms with Crippen LogP contribution in [0.5, 0.6) is 0 Å². The molecule has 0 aromatic carbocycles. The lowest BCUT2D eigenvalue weighted by atomic mass is 10.2. The molecule has 92 valence electrons. The number of carbonyl (C=O) groups excluding carboxylic acids is 1. The summed E-state index contributed by atoms with van der Waals surface area (Å²) in [5, 5.41) is 16.9. The fourth-order valence-corrected chi connectivity index (χ4v) is 2.03. The van der Waals surface area contributed by atoms with Gasteiger partial charge in [0.15, 0.2) is 0 Å². The molecule has 2 heterocycles. The van der Waals surface area contributed by atoms with Crippen molar-refractivity contribution in [1.82, 2.24) is 14.8 Å². The first-order valence-corrected chi connectivity index (χ1v) is 5.93. The fraction of sp³-hybridized carbons (Fsp3) is 0.182. The van der Waals surface area contributed by atoms with Crippen LogP contribution in [0.2, 0.25) is 0 Å². The van der Waals surface area contributed by atoms with E-state index in [-0.39, 0.29) is 12.5 Å². The zero-order valence-electron chi connectivity index (χ0n) is 9.54. The Morgan fingerprint density at radius 3 is 3.17 bits per heavy atom. The Labute approximate surface area is 107 Å². The molecular formula is C11H10N4O2S. The average molecular weight is 262 g/mol. The summed E-state index contributed by atoms with van der Waals surface area (Å²) in [6.45, 7) is -0.236. The van der Waals surface area contributed by atoms with Gasteiger partial charge in [-0.1, -0.05) is 11.8 Å². The summed E-state index contributed by atoms with van der Waals surface area (Å²) < 4.78 is 1.46. The number of rotatable bonds is 2. The second kappa shape index (κ2) is 5.44. The van der Waals surface area contributed by atoms with Crippen LogP contribution in [0, 0.1) is 11.8 Å². The molecule has 0 saturated carbocycles. The Balaban J connectivity index is 2.19. The monoisotopic (exact) mass is 262 g/mol. The van der Waals surface area contributed by atoms with Crippen LogP contribution in [0.1, 0.15) is 15.2 Å². The number of aryl methyl sites for hydroxylation is 1. The van der Waals surface area contributed by atoms with E-state index in [1.807, 2.05) is 0 Å². The smallest absolute Gasteiger partial charge is 0.269 e. The van der Waals surface area contributed by atoms with Crippen molar-refractivity contribution in [2.75, 3.05) is 11.9 Å². The van der Waals surface area contributed by atoms with Gasteiger partial charge in [-0.25, -0.2) is 4.68 Å². The molecule has 0 radical (unpaired) electrons. The van der Waals surface area contributed by atoms with Crippen molar-refractivity contribution in [2.45, 2.75) is 0 Å². The molecule has 0 fully saturated rings. The first-order chi connectivity index (χ1) is 8.72. The van der Waals surface area contributed by atoms with E-state index in [0.29, 0.717) is 16.4 Å². The highest BCUT2D eigenvalue weighted by Gasteiger charge is 2.14. The van der Waals surface area contributed by atoms with Crippen LogP contribution >= 0.6 is 11.3 Å². The minimum Gasteiger partial charge on any atom is -0.384 e. The van der Waals surface area contributed by atoms with E-state index in [0.717, 1.165) is 0 Å². The number of amides is 1. The van der Waals surface area contributed by atoms with Gasteiger partial charge < -0.3 is 5.11 Å². The van der Waals surface area contributed by atoms with Gasteiger partial charge in [-0.2, -0.15) is 10.1 Å². The van der Waals surface area contributed by atoms with Crippen molar-refractivity contribution in [3.63, 3.8) is 0 Å². The largest absolute Gasteiger partial charge is 0.384 e. The number of hydrogen-bond donors (Lipinski definition) is 2. The molecule has 0 aliphatic rings. The van der Waals surface area contributed by atoms with Crippen LogP contribution < -0.4 is 5.32 Å². The summed E-state index contributed by atoms with van der Waals surface area (Å²) in [7, 11) is 1.68. The van der Waals surface area contributed by atoms with Gasteiger partial charge in [0.05, 0.1) is 0 Å². The lowest BCUT2D eigenvalue weighted by Gasteiger charge is -2.02. The Bertz CT molecular complexity index is 620. The van der Waals surface area contributed by atoms with Crippen molar-refractivity contribution in [1.29, 1.82) is 0 Å². The average Bonchev–Trinajstić information content (AvgIpc) is 2.96. The second-order valence-electron chi connectivity index (χ2n) is 3.28. The normalized spacial score (nSPS) is 9.67. The molecule has 6 nitrogen and oxygen atoms in total. The third-order valence-electron chi connectivity index (χ3n) is 2.11. The van der Waals surface area contributed by atoms with Gasteiger partial charge in [-0.05, 0) is 11.4 Å². The summed E-state index contributed by atoms with van der Waals surface area (Å²) in [5.41, 5.74) is 0.591. The van der Waals surface area contributed by atoms with Crippen LogP contribution in [0.25, 0.3) is 0 Å². The highest BCUT2D eigenvalue weighted by atomic mass is 32.1. The van der Waals surface area contributed by atoms with Crippen LogP contribution in [-0.4, -0.2) is 32.4 Å². The Hall–Kier alpha value is -2.17. The number of aromatic nitrogens is 3. The number of aliphatic hydroxyl groups is 1. The molecule has 2 N–H and O–H groups in total. The maximum atomic E-state index is 12.0. The number of hydrogen-bond acceptors (Lipinski definition) is 5. The van der Waals surface area contributed by atoms with Crippen molar-refractivity contribution < 1.29 is 9.90 Å². The van der Waals surface area contributed by atoms with Gasteiger partial charge in [0, 0.05) is 12.6 Å². The zero-order chi connectivity index (χ0) is 13.0. The predicted molar refractivity (Wildman–Crippen MR) is 67.2 cm³/mol. The second-order valence-corrected chi connectivity index (χ2v) is 4.20. The van der Waals surface area contributed by atoms with Gasteiger partial charge in [0.25, 0.3) is 5.91 Å². The molecule has 0 aliphatic heterocycles. The van der Waals surface area contributed by atoms with Crippen molar-refractivity contribution in [3.05, 3.63) is 28.2 Å². The van der Waals surface area contributed by atoms with E-state index in [2.05, 4.69) is 27.2 Å². The summed E-state index contributed by atoms with van der Waals surface area (Å²) >= 11 is 1.28. The van der Waals surface area contributed by atoms with Crippen molar-refractivity contribution in [3.8, 4) is 11.8 Å². The third kappa shape index (κ3) is 2.56. The molecule has 0 unspecified atom stereocenters. The SMILES string of the molecule is Cn1ncnc1NC(=O)c1sccc1C#CCO. The summed E-state index contributed by atoms with van der Waals surface area (Å²) in [5.74, 6) is 5.32. The number of carbonyl (C=O) groups is 1. The molecule has 0 spiro atoms. The molecule has 2 rings (SSSR count). The van der Waals surface area contributed by atoms with E-state index in [4.69, 9.17) is 5.11 Å². The summed E-state index contributed by atoms with van der Waals surface area (Å²) in [6, 6.07) is 1.74. The summed E-state index contributed by atoms with van der Waals surface area (Å²) in [4.78, 5) is 16.4. The number of thiophene rings is 1. The van der Waals surface area contributed by atoms with Gasteiger partial charge in [0.1, 0.15) is 17.8 Å². The fourth-order valence-electron chi connectivity index (χ4n) is 1.29. The molecule has 0 bridgehead atoms. The Kier molecular flexibility index (Phi) is 3.72. The predicted octanol–water partition coefficient (Wildman–Crippen LogP) is 0.473. The first-order valence-electron chi connectivity index (χ1n) is 5.05. The van der Waals surface area contributed by atoms with Crippen LogP contribution in [-0.2, 0) is 7.05 Å². The highest BCUT2D eigenvalue weighted by molar-refractivity contribution is 7.12. The highest BCUT2D eigenvalue weighted by Crippen LogP contribution is 2.17. The van der Waals surface area contributed by atoms with E-state index in [1.54, 1.807) is 18.5 Å². The molecule has 0 atom stereocenters. The quantitative estimate of drug-likeness (QED) is 0.771. The van der Waals surface area contributed by atoms with Crippen molar-refractivity contribution >= 4 is 23.2 Å². The molecule has 0 aliphatic carbocycles. The Morgan fingerprint density at radius 2 is 2.50 bits per heavy atom. The van der Waals surface area contributed by atoms with Crippen LogP contribution in [0.15, 0.2) is 17.8 Å². The van der Waals surface area contributed by atoms with E-state index >= 15 is 0 Å². The molecule has 0 saturated heterocycles. The number of nitrogens with zero attached hydrogens (tertiary/aromatic N) is 3. The first kappa shape index (κ1) is 12.3. The van der Waals surface area contributed by atoms with Gasteiger partial charge in [-0.3, -0.25) is 10.1 Å². The van der Waals surface area contributed by atoms with Crippen LogP contribution in [0.3, 0.4) is 0 Å². The van der Waals surface area contributed by atoms with E-state index < -0.39 is 0 Å². The minimum atomic E-state index is -0.289. The number of anilines is 1. The maximum absolute atomic E-state index is 12.0. The molecule has 2 aromatic rings. The lowest BCUT2D eigenvalue weighted by molar-refractivity contribution is 0.102. The number of aliphatic hydroxyl groups excluding tert-OH is 1. The van der Waals surface area contributed by atoms with Crippen LogP contribution in [0.4, 0.5) is 5.95 Å². The molecule has 1 amide bonds. The van der Waals surface area contributed by atoms with Gasteiger partial charge in [-0.15, -0.1) is 11.3 Å². The molecule has 7 heteroatoms. The topological polar surface area (TPSA) is 80.0 Å². The van der Waals surface area contributed by atoms with Gasteiger partial charge >= 0.3 is 0 Å². The lowest BCUT2D eigenvalue weighted by Crippen LogP contribution is -2.15. The minimum absolute atomic E-state index is 0.236. The molecular weight excluding hydrogens is 252 g/mol. The van der Waals surface area contributed by atoms with E-state index in [9.17, 15) is 4.79 Å². The third-order valence-corrected chi connectivity index (χ3v) is 3.02.